The quantitative estimate of drug-likeness (QED) is 0.514. The summed E-state index contributed by atoms with van der Waals surface area (Å²) in [5.74, 6) is 0.0583. The molecule has 2 aromatic heterocycles. The lowest BCUT2D eigenvalue weighted by molar-refractivity contribution is 0.0754. The van der Waals surface area contributed by atoms with Crippen molar-refractivity contribution in [3.05, 3.63) is 82.8 Å². The van der Waals surface area contributed by atoms with Crippen molar-refractivity contribution in [3.8, 4) is 5.69 Å². The monoisotopic (exact) mass is 361 g/mol. The summed E-state index contributed by atoms with van der Waals surface area (Å²) in [6.45, 7) is 3.35. The van der Waals surface area contributed by atoms with Crippen LogP contribution in [0.25, 0.3) is 16.7 Å². The summed E-state index contributed by atoms with van der Waals surface area (Å²) >= 11 is 1.68. The molecular weight excluding hydrogens is 342 g/mol. The molecule has 4 rings (SSSR count). The zero-order valence-corrected chi connectivity index (χ0v) is 15.3. The minimum absolute atomic E-state index is 0.0583. The van der Waals surface area contributed by atoms with E-state index >= 15 is 0 Å². The Morgan fingerprint density at radius 1 is 1.08 bits per heavy atom. The van der Waals surface area contributed by atoms with Crippen molar-refractivity contribution in [2.24, 2.45) is 0 Å². The van der Waals surface area contributed by atoms with Gasteiger partial charge in [-0.15, -0.1) is 11.3 Å². The van der Waals surface area contributed by atoms with E-state index in [4.69, 9.17) is 0 Å². The zero-order chi connectivity index (χ0) is 17.9. The maximum absolute atomic E-state index is 12.8. The Labute approximate surface area is 156 Å². The Morgan fingerprint density at radius 2 is 1.88 bits per heavy atom. The predicted octanol–water partition coefficient (Wildman–Crippen LogP) is 4.75. The van der Waals surface area contributed by atoms with Crippen LogP contribution in [0.15, 0.2) is 72.4 Å². The third-order valence-corrected chi connectivity index (χ3v) is 5.30. The van der Waals surface area contributed by atoms with E-state index < -0.39 is 0 Å². The smallest absolute Gasteiger partial charge is 0.254 e. The van der Waals surface area contributed by atoms with Crippen LogP contribution in [0.4, 0.5) is 0 Å². The molecule has 1 amide bonds. The fourth-order valence-corrected chi connectivity index (χ4v) is 3.75. The largest absolute Gasteiger partial charge is 0.334 e. The van der Waals surface area contributed by atoms with Gasteiger partial charge >= 0.3 is 0 Å². The van der Waals surface area contributed by atoms with Gasteiger partial charge in [-0.25, -0.2) is 4.98 Å². The van der Waals surface area contributed by atoms with Crippen LogP contribution < -0.4 is 0 Å². The van der Waals surface area contributed by atoms with Gasteiger partial charge in [-0.1, -0.05) is 18.2 Å². The number of thiophene rings is 1. The number of para-hydroxylation sites is 2. The fraction of sp³-hybridized carbons (Fsp3) is 0.143. The molecule has 2 heterocycles. The van der Waals surface area contributed by atoms with Gasteiger partial charge in [0, 0.05) is 22.7 Å². The number of benzene rings is 2. The lowest BCUT2D eigenvalue weighted by Crippen LogP contribution is -2.29. The summed E-state index contributed by atoms with van der Waals surface area (Å²) in [5, 5.41) is 2.04. The number of rotatable bonds is 5. The minimum Gasteiger partial charge on any atom is -0.334 e. The number of carbonyl (C=O) groups excluding carboxylic acids is 1. The standard InChI is InChI=1S/C21H19N3OS/c1-2-23(14-18-6-5-13-26-18)21(25)16-9-11-17(12-10-16)24-15-22-19-7-3-4-8-20(19)24/h3-13,15H,2,14H2,1H3. The molecule has 130 valence electrons. The number of fused-ring (bicyclic) bond motifs is 1. The first-order valence-corrected chi connectivity index (χ1v) is 9.48. The maximum Gasteiger partial charge on any atom is 0.254 e. The van der Waals surface area contributed by atoms with E-state index in [0.29, 0.717) is 18.7 Å². The summed E-state index contributed by atoms with van der Waals surface area (Å²) in [5.41, 5.74) is 3.72. The molecule has 0 aliphatic rings. The summed E-state index contributed by atoms with van der Waals surface area (Å²) in [4.78, 5) is 20.3. The van der Waals surface area contributed by atoms with Gasteiger partial charge in [-0.05, 0) is 54.8 Å². The van der Waals surface area contributed by atoms with Crippen LogP contribution in [0, 0.1) is 0 Å². The van der Waals surface area contributed by atoms with Crippen LogP contribution >= 0.6 is 11.3 Å². The first kappa shape index (κ1) is 16.5. The number of hydrogen-bond acceptors (Lipinski definition) is 3. The van der Waals surface area contributed by atoms with E-state index in [9.17, 15) is 4.79 Å². The normalized spacial score (nSPS) is 11.0. The highest BCUT2D eigenvalue weighted by Gasteiger charge is 2.15. The van der Waals surface area contributed by atoms with E-state index in [2.05, 4.69) is 11.1 Å². The van der Waals surface area contributed by atoms with Gasteiger partial charge in [0.05, 0.1) is 17.6 Å². The zero-order valence-electron chi connectivity index (χ0n) is 14.5. The second-order valence-electron chi connectivity index (χ2n) is 6.05. The number of nitrogens with zero attached hydrogens (tertiary/aromatic N) is 3. The molecule has 0 spiro atoms. The average molecular weight is 361 g/mol. The van der Waals surface area contributed by atoms with E-state index in [1.54, 1.807) is 11.3 Å². The molecule has 2 aromatic carbocycles. The summed E-state index contributed by atoms with van der Waals surface area (Å²) in [7, 11) is 0. The van der Waals surface area contributed by atoms with Crippen molar-refractivity contribution < 1.29 is 4.79 Å². The highest BCUT2D eigenvalue weighted by atomic mass is 32.1. The molecule has 0 saturated carbocycles. The lowest BCUT2D eigenvalue weighted by atomic mass is 10.1. The van der Waals surface area contributed by atoms with Crippen molar-refractivity contribution in [2.75, 3.05) is 6.54 Å². The molecule has 0 radical (unpaired) electrons. The van der Waals surface area contributed by atoms with Crippen LogP contribution in [0.5, 0.6) is 0 Å². The second-order valence-corrected chi connectivity index (χ2v) is 7.08. The van der Waals surface area contributed by atoms with Crippen LogP contribution in [-0.2, 0) is 6.54 Å². The van der Waals surface area contributed by atoms with Gasteiger partial charge in [0.1, 0.15) is 6.33 Å². The first-order chi connectivity index (χ1) is 12.8. The molecule has 0 N–H and O–H groups in total. The average Bonchev–Trinajstić information content (AvgIpc) is 3.35. The van der Waals surface area contributed by atoms with Crippen LogP contribution in [0.2, 0.25) is 0 Å². The SMILES string of the molecule is CCN(Cc1cccs1)C(=O)c1ccc(-n2cnc3ccccc32)cc1. The first-order valence-electron chi connectivity index (χ1n) is 8.60. The highest BCUT2D eigenvalue weighted by molar-refractivity contribution is 7.09. The van der Waals surface area contributed by atoms with Crippen LogP contribution in [-0.4, -0.2) is 26.9 Å². The van der Waals surface area contributed by atoms with Crippen molar-refractivity contribution >= 4 is 28.3 Å². The minimum atomic E-state index is 0.0583. The topological polar surface area (TPSA) is 38.1 Å². The number of carbonyl (C=O) groups is 1. The summed E-state index contributed by atoms with van der Waals surface area (Å²) < 4.78 is 2.03. The molecule has 0 aliphatic carbocycles. The summed E-state index contributed by atoms with van der Waals surface area (Å²) in [6, 6.07) is 19.8. The third kappa shape index (κ3) is 3.13. The van der Waals surface area contributed by atoms with Crippen molar-refractivity contribution in [1.29, 1.82) is 0 Å². The van der Waals surface area contributed by atoms with Gasteiger partial charge in [0.25, 0.3) is 5.91 Å². The molecular formula is C21H19N3OS. The molecule has 0 aliphatic heterocycles. The van der Waals surface area contributed by atoms with Gasteiger partial charge in [0.15, 0.2) is 0 Å². The van der Waals surface area contributed by atoms with E-state index in [-0.39, 0.29) is 5.91 Å². The molecule has 0 saturated heterocycles. The molecule has 0 fully saturated rings. The molecule has 4 aromatic rings. The Bertz CT molecular complexity index is 1020. The van der Waals surface area contributed by atoms with Gasteiger partial charge in [-0.3, -0.25) is 9.36 Å². The van der Waals surface area contributed by atoms with Crippen molar-refractivity contribution in [1.82, 2.24) is 14.5 Å². The molecule has 0 atom stereocenters. The number of amides is 1. The second kappa shape index (κ2) is 7.14. The van der Waals surface area contributed by atoms with Crippen LogP contribution in [0.1, 0.15) is 22.2 Å². The summed E-state index contributed by atoms with van der Waals surface area (Å²) in [6.07, 6.45) is 1.82. The van der Waals surface area contributed by atoms with E-state index in [1.807, 2.05) is 82.7 Å². The van der Waals surface area contributed by atoms with Gasteiger partial charge < -0.3 is 4.90 Å². The lowest BCUT2D eigenvalue weighted by Gasteiger charge is -2.20. The van der Waals surface area contributed by atoms with Crippen molar-refractivity contribution in [2.45, 2.75) is 13.5 Å². The van der Waals surface area contributed by atoms with Crippen LogP contribution in [0.3, 0.4) is 0 Å². The maximum atomic E-state index is 12.8. The molecule has 5 heteroatoms. The molecule has 26 heavy (non-hydrogen) atoms. The van der Waals surface area contributed by atoms with Crippen molar-refractivity contribution in [3.63, 3.8) is 0 Å². The fourth-order valence-electron chi connectivity index (χ4n) is 3.03. The number of aromatic nitrogens is 2. The van der Waals surface area contributed by atoms with E-state index in [0.717, 1.165) is 16.7 Å². The van der Waals surface area contributed by atoms with Gasteiger partial charge in [0.2, 0.25) is 0 Å². The predicted molar refractivity (Wildman–Crippen MR) is 106 cm³/mol. The third-order valence-electron chi connectivity index (χ3n) is 4.44. The Hall–Kier alpha value is -2.92. The molecule has 0 bridgehead atoms. The highest BCUT2D eigenvalue weighted by Crippen LogP contribution is 2.19. The Balaban J connectivity index is 1.58. The molecule has 0 unspecified atom stereocenters. The van der Waals surface area contributed by atoms with E-state index in [1.165, 1.54) is 4.88 Å². The number of hydrogen-bond donors (Lipinski definition) is 0. The molecule has 4 nitrogen and oxygen atoms in total. The number of imidazole rings is 1. The Kier molecular flexibility index (Phi) is 4.54. The Morgan fingerprint density at radius 3 is 2.62 bits per heavy atom. The van der Waals surface area contributed by atoms with Gasteiger partial charge in [-0.2, -0.15) is 0 Å².